The second-order valence-corrected chi connectivity index (χ2v) is 6.07. The average Bonchev–Trinajstić information content (AvgIpc) is 2.99. The van der Waals surface area contributed by atoms with Crippen molar-refractivity contribution in [3.05, 3.63) is 64.8 Å². The maximum Gasteiger partial charge on any atom is 0.268 e. The molecule has 2 aromatic carbocycles. The standard InChI is InChI=1S/C18H17ClN2O3/c19-13-3-6-16-12(8-13)9-17(21-16)18(24)20-14(10-22)7-11-1-4-15(23)5-2-11/h1-6,8-9,14,21-23H,7,10H2,(H,20,24)/t14-/m0/s1. The van der Waals surface area contributed by atoms with E-state index in [1.54, 1.807) is 42.5 Å². The molecule has 1 heterocycles. The van der Waals surface area contributed by atoms with E-state index in [-0.39, 0.29) is 18.3 Å². The van der Waals surface area contributed by atoms with Crippen LogP contribution in [0.2, 0.25) is 5.02 Å². The average molecular weight is 345 g/mol. The number of carbonyl (C=O) groups is 1. The summed E-state index contributed by atoms with van der Waals surface area (Å²) in [5, 5.41) is 23.1. The van der Waals surface area contributed by atoms with Gasteiger partial charge in [-0.15, -0.1) is 0 Å². The predicted octanol–water partition coefficient (Wildman–Crippen LogP) is 2.86. The zero-order chi connectivity index (χ0) is 17.1. The lowest BCUT2D eigenvalue weighted by Gasteiger charge is -2.16. The summed E-state index contributed by atoms with van der Waals surface area (Å²) in [6.07, 6.45) is 0.467. The van der Waals surface area contributed by atoms with Gasteiger partial charge in [0, 0.05) is 15.9 Å². The van der Waals surface area contributed by atoms with Crippen molar-refractivity contribution in [3.8, 4) is 5.75 Å². The Bertz CT molecular complexity index is 858. The van der Waals surface area contributed by atoms with Crippen LogP contribution in [0.4, 0.5) is 0 Å². The molecule has 5 nitrogen and oxygen atoms in total. The van der Waals surface area contributed by atoms with Crippen LogP contribution in [-0.4, -0.2) is 33.8 Å². The number of H-pyrrole nitrogens is 1. The zero-order valence-electron chi connectivity index (χ0n) is 12.8. The molecule has 1 amide bonds. The van der Waals surface area contributed by atoms with Crippen molar-refractivity contribution in [2.24, 2.45) is 0 Å². The number of carbonyl (C=O) groups excluding carboxylic acids is 1. The monoisotopic (exact) mass is 344 g/mol. The topological polar surface area (TPSA) is 85.3 Å². The van der Waals surface area contributed by atoms with Crippen LogP contribution in [0, 0.1) is 0 Å². The van der Waals surface area contributed by atoms with Crippen molar-refractivity contribution in [2.75, 3.05) is 6.61 Å². The van der Waals surface area contributed by atoms with Crippen molar-refractivity contribution in [1.29, 1.82) is 0 Å². The number of hydrogen-bond acceptors (Lipinski definition) is 3. The first-order valence-electron chi connectivity index (χ1n) is 7.53. The molecule has 3 aromatic rings. The lowest BCUT2D eigenvalue weighted by molar-refractivity contribution is 0.0912. The summed E-state index contributed by atoms with van der Waals surface area (Å²) in [6.45, 7) is -0.182. The first-order valence-corrected chi connectivity index (χ1v) is 7.91. The van der Waals surface area contributed by atoms with Crippen LogP contribution < -0.4 is 5.32 Å². The Labute approximate surface area is 143 Å². The van der Waals surface area contributed by atoms with Gasteiger partial charge in [-0.05, 0) is 48.4 Å². The fraction of sp³-hybridized carbons (Fsp3) is 0.167. The van der Waals surface area contributed by atoms with Crippen molar-refractivity contribution in [1.82, 2.24) is 10.3 Å². The molecule has 24 heavy (non-hydrogen) atoms. The number of phenols is 1. The Morgan fingerprint density at radius 2 is 1.92 bits per heavy atom. The molecule has 0 aliphatic heterocycles. The molecule has 0 aliphatic rings. The number of benzene rings is 2. The summed E-state index contributed by atoms with van der Waals surface area (Å²) in [5.41, 5.74) is 2.15. The van der Waals surface area contributed by atoms with E-state index >= 15 is 0 Å². The number of aromatic hydroxyl groups is 1. The van der Waals surface area contributed by atoms with Crippen molar-refractivity contribution in [3.63, 3.8) is 0 Å². The molecule has 4 N–H and O–H groups in total. The van der Waals surface area contributed by atoms with E-state index in [2.05, 4.69) is 10.3 Å². The normalized spacial score (nSPS) is 12.2. The predicted molar refractivity (Wildman–Crippen MR) is 93.5 cm³/mol. The number of rotatable bonds is 5. The molecule has 0 saturated carbocycles. The van der Waals surface area contributed by atoms with E-state index in [0.717, 1.165) is 16.5 Å². The first-order chi connectivity index (χ1) is 11.5. The van der Waals surface area contributed by atoms with Gasteiger partial charge in [-0.3, -0.25) is 4.79 Å². The van der Waals surface area contributed by atoms with Gasteiger partial charge < -0.3 is 20.5 Å². The quantitative estimate of drug-likeness (QED) is 0.574. The minimum Gasteiger partial charge on any atom is -0.508 e. The summed E-state index contributed by atoms with van der Waals surface area (Å²) in [5.74, 6) is -0.111. The van der Waals surface area contributed by atoms with Crippen molar-refractivity contribution >= 4 is 28.4 Å². The van der Waals surface area contributed by atoms with Gasteiger partial charge in [-0.25, -0.2) is 0 Å². The van der Waals surface area contributed by atoms with Crippen LogP contribution >= 0.6 is 11.6 Å². The molecule has 0 radical (unpaired) electrons. The number of aromatic nitrogens is 1. The Hall–Kier alpha value is -2.50. The van der Waals surface area contributed by atoms with E-state index in [4.69, 9.17) is 11.6 Å². The van der Waals surface area contributed by atoms with Gasteiger partial charge in [-0.1, -0.05) is 23.7 Å². The molecule has 0 fully saturated rings. The largest absolute Gasteiger partial charge is 0.508 e. The number of halogens is 1. The molecule has 1 aromatic heterocycles. The molecular formula is C18H17ClN2O3. The number of aliphatic hydroxyl groups is 1. The molecule has 0 saturated heterocycles. The first kappa shape index (κ1) is 16.4. The van der Waals surface area contributed by atoms with Crippen LogP contribution in [-0.2, 0) is 6.42 Å². The Morgan fingerprint density at radius 1 is 1.17 bits per heavy atom. The molecule has 0 unspecified atom stereocenters. The van der Waals surface area contributed by atoms with Crippen LogP contribution in [0.3, 0.4) is 0 Å². The number of amides is 1. The molecule has 0 aliphatic carbocycles. The lowest BCUT2D eigenvalue weighted by atomic mass is 10.1. The highest BCUT2D eigenvalue weighted by molar-refractivity contribution is 6.31. The van der Waals surface area contributed by atoms with E-state index in [9.17, 15) is 15.0 Å². The van der Waals surface area contributed by atoms with Crippen molar-refractivity contribution < 1.29 is 15.0 Å². The highest BCUT2D eigenvalue weighted by Gasteiger charge is 2.15. The van der Waals surface area contributed by atoms with E-state index < -0.39 is 6.04 Å². The van der Waals surface area contributed by atoms with E-state index in [0.29, 0.717) is 17.1 Å². The number of phenolic OH excluding ortho intramolecular Hbond substituents is 1. The van der Waals surface area contributed by atoms with Crippen LogP contribution in [0.1, 0.15) is 16.1 Å². The van der Waals surface area contributed by atoms with E-state index in [1.165, 1.54) is 0 Å². The third-order valence-corrected chi connectivity index (χ3v) is 4.04. The minimum absolute atomic E-state index is 0.181. The summed E-state index contributed by atoms with van der Waals surface area (Å²) < 4.78 is 0. The fourth-order valence-electron chi connectivity index (χ4n) is 2.57. The summed E-state index contributed by atoms with van der Waals surface area (Å²) in [6, 6.07) is 13.3. The van der Waals surface area contributed by atoms with Gasteiger partial charge in [0.2, 0.25) is 0 Å². The van der Waals surface area contributed by atoms with Gasteiger partial charge in [0.15, 0.2) is 0 Å². The number of fused-ring (bicyclic) bond motifs is 1. The maximum absolute atomic E-state index is 12.4. The lowest BCUT2D eigenvalue weighted by Crippen LogP contribution is -2.39. The van der Waals surface area contributed by atoms with Gasteiger partial charge in [-0.2, -0.15) is 0 Å². The smallest absolute Gasteiger partial charge is 0.268 e. The second kappa shape index (κ2) is 6.95. The zero-order valence-corrected chi connectivity index (χ0v) is 13.5. The molecule has 0 spiro atoms. The van der Waals surface area contributed by atoms with E-state index in [1.807, 2.05) is 6.07 Å². The Kier molecular flexibility index (Phi) is 4.74. The second-order valence-electron chi connectivity index (χ2n) is 5.64. The molecule has 1 atom stereocenters. The highest BCUT2D eigenvalue weighted by Crippen LogP contribution is 2.20. The SMILES string of the molecule is O=C(N[C@H](CO)Cc1ccc(O)cc1)c1cc2cc(Cl)ccc2[nH]1. The van der Waals surface area contributed by atoms with Crippen LogP contribution in [0.5, 0.6) is 5.75 Å². The molecule has 3 rings (SSSR count). The molecule has 124 valence electrons. The number of aliphatic hydroxyl groups excluding tert-OH is 1. The molecular weight excluding hydrogens is 328 g/mol. The maximum atomic E-state index is 12.4. The van der Waals surface area contributed by atoms with Crippen LogP contribution in [0.15, 0.2) is 48.5 Å². The van der Waals surface area contributed by atoms with Gasteiger partial charge in [0.05, 0.1) is 12.6 Å². The molecule has 0 bridgehead atoms. The summed E-state index contributed by atoms with van der Waals surface area (Å²) in [7, 11) is 0. The fourth-order valence-corrected chi connectivity index (χ4v) is 2.75. The number of hydrogen-bond donors (Lipinski definition) is 4. The third-order valence-electron chi connectivity index (χ3n) is 3.80. The molecule has 6 heteroatoms. The number of aromatic amines is 1. The third kappa shape index (κ3) is 3.69. The van der Waals surface area contributed by atoms with Gasteiger partial charge in [0.25, 0.3) is 5.91 Å². The highest BCUT2D eigenvalue weighted by atomic mass is 35.5. The van der Waals surface area contributed by atoms with Crippen molar-refractivity contribution in [2.45, 2.75) is 12.5 Å². The Morgan fingerprint density at radius 3 is 2.62 bits per heavy atom. The van der Waals surface area contributed by atoms with Gasteiger partial charge in [0.1, 0.15) is 11.4 Å². The van der Waals surface area contributed by atoms with Crippen LogP contribution in [0.25, 0.3) is 10.9 Å². The minimum atomic E-state index is -0.419. The van der Waals surface area contributed by atoms with Gasteiger partial charge >= 0.3 is 0 Å². The summed E-state index contributed by atoms with van der Waals surface area (Å²) >= 11 is 5.95. The summed E-state index contributed by atoms with van der Waals surface area (Å²) in [4.78, 5) is 15.4. The Balaban J connectivity index is 1.72. The number of nitrogens with one attached hydrogen (secondary N) is 2.